The first-order valence-electron chi connectivity index (χ1n) is 7.05. The van der Waals surface area contributed by atoms with E-state index in [9.17, 15) is 19.7 Å². The highest BCUT2D eigenvalue weighted by Crippen LogP contribution is 2.23. The number of thioether (sulfide) groups is 1. The molecular weight excluding hydrogens is 336 g/mol. The third-order valence-corrected chi connectivity index (χ3v) is 4.16. The number of nitro groups is 1. The van der Waals surface area contributed by atoms with E-state index in [1.165, 1.54) is 30.0 Å². The number of anilines is 1. The van der Waals surface area contributed by atoms with Crippen LogP contribution in [-0.2, 0) is 14.3 Å². The quantitative estimate of drug-likeness (QED) is 0.431. The Morgan fingerprint density at radius 2 is 2.33 bits per heavy atom. The molecule has 0 radical (unpaired) electrons. The van der Waals surface area contributed by atoms with Crippen LogP contribution in [0.3, 0.4) is 0 Å². The molecule has 1 aliphatic heterocycles. The van der Waals surface area contributed by atoms with Crippen LogP contribution in [0.5, 0.6) is 0 Å². The van der Waals surface area contributed by atoms with Gasteiger partial charge in [0.1, 0.15) is 5.25 Å². The van der Waals surface area contributed by atoms with Crippen LogP contribution >= 0.6 is 11.8 Å². The number of rotatable bonds is 7. The molecule has 0 saturated carbocycles. The summed E-state index contributed by atoms with van der Waals surface area (Å²) < 4.78 is 4.87. The van der Waals surface area contributed by atoms with Crippen LogP contribution in [0, 0.1) is 10.1 Å². The number of carbonyl (C=O) groups excluding carboxylic acids is 2. The smallest absolute Gasteiger partial charge is 0.271 e. The zero-order valence-electron chi connectivity index (χ0n) is 12.9. The van der Waals surface area contributed by atoms with E-state index in [1.807, 2.05) is 0 Å². The Morgan fingerprint density at radius 3 is 3.04 bits per heavy atom. The second kappa shape index (κ2) is 8.41. The topological polar surface area (TPSA) is 123 Å². The van der Waals surface area contributed by atoms with Crippen LogP contribution in [0.1, 0.15) is 6.42 Å². The number of benzene rings is 1. The van der Waals surface area contributed by atoms with E-state index in [0.717, 1.165) is 0 Å². The van der Waals surface area contributed by atoms with Crippen LogP contribution in [0.4, 0.5) is 11.4 Å². The van der Waals surface area contributed by atoms with Crippen molar-refractivity contribution in [3.8, 4) is 0 Å². The summed E-state index contributed by atoms with van der Waals surface area (Å²) in [5.74, 6) is -0.688. The van der Waals surface area contributed by atoms with Gasteiger partial charge < -0.3 is 15.4 Å². The highest BCUT2D eigenvalue weighted by Gasteiger charge is 2.31. The van der Waals surface area contributed by atoms with Crippen molar-refractivity contribution in [3.05, 3.63) is 34.4 Å². The molecule has 0 spiro atoms. The van der Waals surface area contributed by atoms with E-state index in [1.54, 1.807) is 13.2 Å². The highest BCUT2D eigenvalue weighted by atomic mass is 32.2. The number of amidine groups is 1. The van der Waals surface area contributed by atoms with Gasteiger partial charge in [0.2, 0.25) is 11.8 Å². The van der Waals surface area contributed by atoms with Crippen molar-refractivity contribution in [2.24, 2.45) is 4.99 Å². The minimum absolute atomic E-state index is 0.0531. The SMILES string of the molecule is COCCN=C1NC(=O)[C@@H](CC(=O)Nc2cccc([N+](=O)[O-])c2)S1. The maximum atomic E-state index is 12.0. The summed E-state index contributed by atoms with van der Waals surface area (Å²) in [5.41, 5.74) is 0.194. The molecule has 0 bridgehead atoms. The summed E-state index contributed by atoms with van der Waals surface area (Å²) in [6.45, 7) is 0.865. The number of amides is 2. The van der Waals surface area contributed by atoms with Crippen LogP contribution in [0.2, 0.25) is 0 Å². The van der Waals surface area contributed by atoms with Gasteiger partial charge in [-0.05, 0) is 6.07 Å². The van der Waals surface area contributed by atoms with Gasteiger partial charge in [0, 0.05) is 31.4 Å². The van der Waals surface area contributed by atoms with Crippen LogP contribution in [-0.4, -0.2) is 47.4 Å². The molecule has 9 nitrogen and oxygen atoms in total. The lowest BCUT2D eigenvalue weighted by molar-refractivity contribution is -0.384. The second-order valence-electron chi connectivity index (χ2n) is 4.84. The number of nitrogens with one attached hydrogen (secondary N) is 2. The molecule has 0 unspecified atom stereocenters. The predicted octanol–water partition coefficient (Wildman–Crippen LogP) is 1.16. The minimum atomic E-state index is -0.579. The van der Waals surface area contributed by atoms with Crippen molar-refractivity contribution in [2.75, 3.05) is 25.6 Å². The van der Waals surface area contributed by atoms with E-state index in [2.05, 4.69) is 15.6 Å². The monoisotopic (exact) mass is 352 g/mol. The molecule has 1 fully saturated rings. The largest absolute Gasteiger partial charge is 0.383 e. The molecule has 10 heteroatoms. The van der Waals surface area contributed by atoms with Gasteiger partial charge in [0.05, 0.1) is 18.1 Å². The van der Waals surface area contributed by atoms with Crippen molar-refractivity contribution in [3.63, 3.8) is 0 Å². The maximum absolute atomic E-state index is 12.0. The lowest BCUT2D eigenvalue weighted by Crippen LogP contribution is -2.28. The first-order valence-corrected chi connectivity index (χ1v) is 7.93. The number of nitrogens with zero attached hydrogens (tertiary/aromatic N) is 2. The standard InChI is InChI=1S/C14H16N4O5S/c1-23-6-5-15-14-17-13(20)11(24-14)8-12(19)16-9-3-2-4-10(7-9)18(21)22/h2-4,7,11H,5-6,8H2,1H3,(H,16,19)(H,15,17,20)/t11-/m1/s1. The Hall–Kier alpha value is -2.46. The normalized spacial score (nSPS) is 18.5. The van der Waals surface area contributed by atoms with Gasteiger partial charge in [-0.1, -0.05) is 17.8 Å². The zero-order valence-corrected chi connectivity index (χ0v) is 13.7. The molecule has 0 aliphatic carbocycles. The minimum Gasteiger partial charge on any atom is -0.383 e. The molecule has 1 saturated heterocycles. The van der Waals surface area contributed by atoms with Gasteiger partial charge in [-0.15, -0.1) is 0 Å². The summed E-state index contributed by atoms with van der Waals surface area (Å²) in [4.78, 5) is 38.2. The molecule has 1 aromatic rings. The fourth-order valence-electron chi connectivity index (χ4n) is 1.93. The molecule has 1 aliphatic rings. The third kappa shape index (κ3) is 5.03. The van der Waals surface area contributed by atoms with Crippen molar-refractivity contribution < 1.29 is 19.2 Å². The van der Waals surface area contributed by atoms with Crippen LogP contribution < -0.4 is 10.6 Å². The average molecular weight is 352 g/mol. The summed E-state index contributed by atoms with van der Waals surface area (Å²) in [7, 11) is 1.56. The summed E-state index contributed by atoms with van der Waals surface area (Å²) >= 11 is 1.18. The molecule has 1 aromatic carbocycles. The number of hydrogen-bond donors (Lipinski definition) is 2. The van der Waals surface area contributed by atoms with Gasteiger partial charge in [-0.3, -0.25) is 24.7 Å². The lowest BCUT2D eigenvalue weighted by Gasteiger charge is -2.07. The van der Waals surface area contributed by atoms with E-state index < -0.39 is 16.1 Å². The zero-order chi connectivity index (χ0) is 17.5. The van der Waals surface area contributed by atoms with Gasteiger partial charge in [0.25, 0.3) is 5.69 Å². The number of carbonyl (C=O) groups is 2. The van der Waals surface area contributed by atoms with Crippen molar-refractivity contribution in [1.29, 1.82) is 0 Å². The summed E-state index contributed by atoms with van der Waals surface area (Å²) in [5, 5.41) is 15.8. The van der Waals surface area contributed by atoms with Gasteiger partial charge in [0.15, 0.2) is 5.17 Å². The molecule has 1 atom stereocenters. The van der Waals surface area contributed by atoms with Crippen molar-refractivity contribution in [2.45, 2.75) is 11.7 Å². The number of ether oxygens (including phenoxy) is 1. The number of non-ortho nitro benzene ring substituents is 1. The number of nitro benzene ring substituents is 1. The lowest BCUT2D eigenvalue weighted by atomic mass is 10.2. The van der Waals surface area contributed by atoms with Crippen molar-refractivity contribution >= 4 is 40.1 Å². The molecular formula is C14H16N4O5S. The number of hydrogen-bond acceptors (Lipinski definition) is 7. The van der Waals surface area contributed by atoms with E-state index in [0.29, 0.717) is 24.0 Å². The Labute approximate surface area is 142 Å². The van der Waals surface area contributed by atoms with Gasteiger partial charge in [-0.2, -0.15) is 0 Å². The number of methoxy groups -OCH3 is 1. The molecule has 24 heavy (non-hydrogen) atoms. The van der Waals surface area contributed by atoms with E-state index in [4.69, 9.17) is 4.74 Å². The molecule has 1 heterocycles. The molecule has 0 aromatic heterocycles. The highest BCUT2D eigenvalue weighted by molar-refractivity contribution is 8.15. The first-order chi connectivity index (χ1) is 11.5. The summed E-state index contributed by atoms with van der Waals surface area (Å²) in [6, 6.07) is 5.62. The Bertz CT molecular complexity index is 679. The Balaban J connectivity index is 1.90. The van der Waals surface area contributed by atoms with Gasteiger partial charge in [-0.25, -0.2) is 0 Å². The van der Waals surface area contributed by atoms with Crippen LogP contribution in [0.25, 0.3) is 0 Å². The average Bonchev–Trinajstić information content (AvgIpc) is 2.87. The predicted molar refractivity (Wildman–Crippen MR) is 90.0 cm³/mol. The van der Waals surface area contributed by atoms with Crippen LogP contribution in [0.15, 0.2) is 29.3 Å². The Morgan fingerprint density at radius 1 is 1.54 bits per heavy atom. The van der Waals surface area contributed by atoms with Crippen molar-refractivity contribution in [1.82, 2.24) is 5.32 Å². The summed E-state index contributed by atoms with van der Waals surface area (Å²) in [6.07, 6.45) is -0.0531. The third-order valence-electron chi connectivity index (χ3n) is 3.04. The molecule has 2 N–H and O–H groups in total. The van der Waals surface area contributed by atoms with E-state index in [-0.39, 0.29) is 18.0 Å². The maximum Gasteiger partial charge on any atom is 0.271 e. The first kappa shape index (κ1) is 17.9. The molecule has 2 rings (SSSR count). The second-order valence-corrected chi connectivity index (χ2v) is 6.03. The number of aliphatic imine (C=N–C) groups is 1. The van der Waals surface area contributed by atoms with Gasteiger partial charge >= 0.3 is 0 Å². The fourth-order valence-corrected chi connectivity index (χ4v) is 2.93. The fraction of sp³-hybridized carbons (Fsp3) is 0.357. The molecule has 2 amide bonds. The Kier molecular flexibility index (Phi) is 6.27. The van der Waals surface area contributed by atoms with E-state index >= 15 is 0 Å². The molecule has 128 valence electrons.